The molecule has 1 aliphatic rings. The minimum Gasteiger partial charge on any atom is -0.381 e. The summed E-state index contributed by atoms with van der Waals surface area (Å²) >= 11 is 0. The van der Waals surface area contributed by atoms with Gasteiger partial charge in [-0.3, -0.25) is 0 Å². The van der Waals surface area contributed by atoms with Gasteiger partial charge in [0.05, 0.1) is 18.8 Å². The Kier molecular flexibility index (Phi) is 6.98. The van der Waals surface area contributed by atoms with Gasteiger partial charge in [0.15, 0.2) is 0 Å². The summed E-state index contributed by atoms with van der Waals surface area (Å²) < 4.78 is 11.8. The molecule has 0 aromatic heterocycles. The van der Waals surface area contributed by atoms with Crippen LogP contribution >= 0.6 is 0 Å². The van der Waals surface area contributed by atoms with Crippen molar-refractivity contribution in [3.05, 3.63) is 48.6 Å². The molecule has 2 nitrogen and oxygen atoms in total. The Labute approximate surface area is 129 Å². The van der Waals surface area contributed by atoms with E-state index in [9.17, 15) is 0 Å². The van der Waals surface area contributed by atoms with E-state index in [2.05, 4.69) is 30.8 Å². The molecule has 0 bridgehead atoms. The molecule has 1 saturated carbocycles. The topological polar surface area (TPSA) is 18.5 Å². The van der Waals surface area contributed by atoms with E-state index in [4.69, 9.17) is 9.47 Å². The van der Waals surface area contributed by atoms with Gasteiger partial charge in [0.1, 0.15) is 0 Å². The predicted molar refractivity (Wildman–Crippen MR) is 87.2 cm³/mol. The maximum absolute atomic E-state index is 6.22. The van der Waals surface area contributed by atoms with Gasteiger partial charge < -0.3 is 9.47 Å². The zero-order valence-corrected chi connectivity index (χ0v) is 13.2. The van der Waals surface area contributed by atoms with E-state index in [1.165, 1.54) is 31.2 Å². The van der Waals surface area contributed by atoms with E-state index in [0.29, 0.717) is 12.0 Å². The van der Waals surface area contributed by atoms with Crippen molar-refractivity contribution >= 4 is 0 Å². The summed E-state index contributed by atoms with van der Waals surface area (Å²) in [6, 6.07) is 10.5. The molecule has 0 aliphatic heterocycles. The second kappa shape index (κ2) is 9.01. The maximum Gasteiger partial charge on any atom is 0.0720 e. The number of benzene rings is 1. The molecule has 1 aromatic rings. The van der Waals surface area contributed by atoms with Crippen LogP contribution in [0.25, 0.3) is 0 Å². The molecule has 116 valence electrons. The third-order valence-electron chi connectivity index (χ3n) is 4.47. The summed E-state index contributed by atoms with van der Waals surface area (Å²) in [6.45, 7) is 4.55. The van der Waals surface area contributed by atoms with Crippen LogP contribution in [0.2, 0.25) is 0 Å². The first-order valence-electron chi connectivity index (χ1n) is 8.12. The summed E-state index contributed by atoms with van der Waals surface area (Å²) in [5, 5.41) is 0. The standard InChI is InChI=1S/C19H28O2/c1-3-9-18(20-2)14-17-12-7-8-13-19(17)21-15-16-10-5-4-6-11-16/h3-6,10-11,17-19H,1,7-9,12-15H2,2H3/t17-,18?,19-/m1/s1. The van der Waals surface area contributed by atoms with Crippen LogP contribution in [0.15, 0.2) is 43.0 Å². The first kappa shape index (κ1) is 16.3. The van der Waals surface area contributed by atoms with E-state index >= 15 is 0 Å². The average molecular weight is 288 g/mol. The normalized spacial score (nSPS) is 23.7. The largest absolute Gasteiger partial charge is 0.381 e. The number of ether oxygens (including phenoxy) is 2. The van der Waals surface area contributed by atoms with Gasteiger partial charge in [-0.15, -0.1) is 6.58 Å². The molecule has 0 amide bonds. The zero-order valence-electron chi connectivity index (χ0n) is 13.2. The lowest BCUT2D eigenvalue weighted by molar-refractivity contribution is -0.0403. The van der Waals surface area contributed by atoms with Crippen molar-refractivity contribution < 1.29 is 9.47 Å². The van der Waals surface area contributed by atoms with Crippen LogP contribution in [0.1, 0.15) is 44.1 Å². The predicted octanol–water partition coefficient (Wildman–Crippen LogP) is 4.74. The van der Waals surface area contributed by atoms with Gasteiger partial charge in [0, 0.05) is 7.11 Å². The molecule has 0 saturated heterocycles. The van der Waals surface area contributed by atoms with Gasteiger partial charge in [0.25, 0.3) is 0 Å². The van der Waals surface area contributed by atoms with Gasteiger partial charge in [-0.1, -0.05) is 49.2 Å². The Bertz CT molecular complexity index is 401. The fourth-order valence-electron chi connectivity index (χ4n) is 3.25. The lowest BCUT2D eigenvalue weighted by Gasteiger charge is -2.33. The lowest BCUT2D eigenvalue weighted by Crippen LogP contribution is -2.31. The van der Waals surface area contributed by atoms with Crippen LogP contribution in [-0.2, 0) is 16.1 Å². The first-order chi connectivity index (χ1) is 10.3. The maximum atomic E-state index is 6.22. The van der Waals surface area contributed by atoms with Crippen molar-refractivity contribution in [1.29, 1.82) is 0 Å². The molecule has 21 heavy (non-hydrogen) atoms. The molecule has 0 N–H and O–H groups in total. The highest BCUT2D eigenvalue weighted by Gasteiger charge is 2.28. The second-order valence-electron chi connectivity index (χ2n) is 6.00. The van der Waals surface area contributed by atoms with E-state index in [1.807, 2.05) is 12.1 Å². The Balaban J connectivity index is 1.87. The molecule has 1 unspecified atom stereocenters. The summed E-state index contributed by atoms with van der Waals surface area (Å²) in [5.74, 6) is 0.618. The Morgan fingerprint density at radius 1 is 1.24 bits per heavy atom. The van der Waals surface area contributed by atoms with Gasteiger partial charge in [0.2, 0.25) is 0 Å². The van der Waals surface area contributed by atoms with Crippen LogP contribution in [0.3, 0.4) is 0 Å². The monoisotopic (exact) mass is 288 g/mol. The smallest absolute Gasteiger partial charge is 0.0720 e. The van der Waals surface area contributed by atoms with Gasteiger partial charge in [-0.2, -0.15) is 0 Å². The number of hydrogen-bond acceptors (Lipinski definition) is 2. The first-order valence-corrected chi connectivity index (χ1v) is 8.12. The summed E-state index contributed by atoms with van der Waals surface area (Å²) in [7, 11) is 1.80. The summed E-state index contributed by atoms with van der Waals surface area (Å²) in [4.78, 5) is 0. The molecule has 0 heterocycles. The van der Waals surface area contributed by atoms with Crippen LogP contribution in [0.4, 0.5) is 0 Å². The second-order valence-corrected chi connectivity index (χ2v) is 6.00. The van der Waals surface area contributed by atoms with Crippen LogP contribution in [0, 0.1) is 5.92 Å². The van der Waals surface area contributed by atoms with Gasteiger partial charge >= 0.3 is 0 Å². The van der Waals surface area contributed by atoms with Crippen molar-refractivity contribution in [2.75, 3.05) is 7.11 Å². The minimum absolute atomic E-state index is 0.286. The number of hydrogen-bond donors (Lipinski definition) is 0. The molecule has 1 aliphatic carbocycles. The van der Waals surface area contributed by atoms with Crippen molar-refractivity contribution in [2.24, 2.45) is 5.92 Å². The quantitative estimate of drug-likeness (QED) is 0.643. The number of methoxy groups -OCH3 is 1. The highest BCUT2D eigenvalue weighted by Crippen LogP contribution is 2.32. The minimum atomic E-state index is 0.286. The molecule has 2 heteroatoms. The molecule has 2 rings (SSSR count). The fourth-order valence-corrected chi connectivity index (χ4v) is 3.25. The fraction of sp³-hybridized carbons (Fsp3) is 0.579. The summed E-state index contributed by atoms with van der Waals surface area (Å²) in [5.41, 5.74) is 1.26. The third-order valence-corrected chi connectivity index (χ3v) is 4.47. The average Bonchev–Trinajstić information content (AvgIpc) is 2.54. The van der Waals surface area contributed by atoms with E-state index < -0.39 is 0 Å². The van der Waals surface area contributed by atoms with Crippen molar-refractivity contribution in [3.63, 3.8) is 0 Å². The van der Waals surface area contributed by atoms with Crippen LogP contribution in [0.5, 0.6) is 0 Å². The van der Waals surface area contributed by atoms with Crippen LogP contribution in [-0.4, -0.2) is 19.3 Å². The summed E-state index contributed by atoms with van der Waals surface area (Å²) in [6.07, 6.45) is 9.68. The van der Waals surface area contributed by atoms with Crippen molar-refractivity contribution in [1.82, 2.24) is 0 Å². The SMILES string of the molecule is C=CCC(C[C@H]1CCCC[C@H]1OCc1ccccc1)OC. The van der Waals surface area contributed by atoms with Crippen LogP contribution < -0.4 is 0 Å². The Hall–Kier alpha value is -1.12. The van der Waals surface area contributed by atoms with E-state index in [1.54, 1.807) is 7.11 Å². The highest BCUT2D eigenvalue weighted by atomic mass is 16.5. The van der Waals surface area contributed by atoms with E-state index in [0.717, 1.165) is 19.4 Å². The number of rotatable bonds is 8. The van der Waals surface area contributed by atoms with Crippen molar-refractivity contribution in [3.8, 4) is 0 Å². The molecular formula is C19H28O2. The molecule has 1 fully saturated rings. The Morgan fingerprint density at radius 2 is 2.00 bits per heavy atom. The van der Waals surface area contributed by atoms with Crippen molar-refractivity contribution in [2.45, 2.75) is 57.3 Å². The lowest BCUT2D eigenvalue weighted by atomic mass is 9.82. The molecule has 1 aromatic carbocycles. The van der Waals surface area contributed by atoms with Gasteiger partial charge in [-0.05, 0) is 37.2 Å². The molecule has 3 atom stereocenters. The molecule has 0 radical (unpaired) electrons. The Morgan fingerprint density at radius 3 is 2.71 bits per heavy atom. The highest BCUT2D eigenvalue weighted by molar-refractivity contribution is 5.13. The van der Waals surface area contributed by atoms with Gasteiger partial charge in [-0.25, -0.2) is 0 Å². The zero-order chi connectivity index (χ0) is 14.9. The third kappa shape index (κ3) is 5.29. The van der Waals surface area contributed by atoms with E-state index in [-0.39, 0.29) is 6.10 Å². The molecular weight excluding hydrogens is 260 g/mol. The molecule has 0 spiro atoms.